The summed E-state index contributed by atoms with van der Waals surface area (Å²) >= 11 is 0. The molecule has 3 atom stereocenters. The number of nitrogens with zero attached hydrogens (tertiary/aromatic N) is 1. The first-order chi connectivity index (χ1) is 23.2. The van der Waals surface area contributed by atoms with Gasteiger partial charge in [-0.3, -0.25) is 30.0 Å². The zero-order chi connectivity index (χ0) is 35.7. The van der Waals surface area contributed by atoms with E-state index in [1.54, 1.807) is 70.2 Å². The van der Waals surface area contributed by atoms with Gasteiger partial charge in [-0.25, -0.2) is 9.59 Å². The number of nitrogens with one attached hydrogen (secondary N) is 4. The Hall–Kier alpha value is -5.72. The summed E-state index contributed by atoms with van der Waals surface area (Å²) in [4.78, 5) is 64.8. The lowest BCUT2D eigenvalue weighted by Crippen LogP contribution is -2.52. The summed E-state index contributed by atoms with van der Waals surface area (Å²) in [6.45, 7) is 7.13. The molecule has 1 fully saturated rings. The third kappa shape index (κ3) is 10.4. The van der Waals surface area contributed by atoms with Gasteiger partial charge in [0.05, 0.1) is 0 Å². The van der Waals surface area contributed by atoms with E-state index in [1.165, 1.54) is 4.90 Å². The fourth-order valence-electron chi connectivity index (χ4n) is 5.23. The van der Waals surface area contributed by atoms with Crippen molar-refractivity contribution in [2.24, 2.45) is 5.73 Å². The number of amidine groups is 1. The molecule has 5 amide bonds. The van der Waals surface area contributed by atoms with Gasteiger partial charge in [-0.15, -0.1) is 0 Å². The highest BCUT2D eigenvalue weighted by Gasteiger charge is 2.42. The monoisotopic (exact) mass is 670 g/mol. The lowest BCUT2D eigenvalue weighted by molar-refractivity contribution is -0.131. The summed E-state index contributed by atoms with van der Waals surface area (Å²) < 4.78 is 10.7. The standard InChI is InChI=1S/C36H42N6O7/c1-22(32(44)39-19-23-13-15-25(16-14-23)30(37)41-34(46)48-21-24-9-6-5-7-10-24)40-33(45)29-18-28(20-42(29)35(47)49-36(2,3)4)26-11-8-12-27(17-26)31(38)43/h5-17,22,28-29H,18-21H2,1-4H3,(H2,38,43)(H,39,44)(H,40,45)(H2,37,41,46)/t22-,28+,29+/m0/s1. The van der Waals surface area contributed by atoms with Crippen LogP contribution in [0.4, 0.5) is 9.59 Å². The first-order valence-electron chi connectivity index (χ1n) is 15.8. The lowest BCUT2D eigenvalue weighted by atomic mass is 9.94. The fourth-order valence-corrected chi connectivity index (χ4v) is 5.23. The van der Waals surface area contributed by atoms with E-state index in [0.717, 1.165) is 16.7 Å². The first kappa shape index (κ1) is 36.1. The van der Waals surface area contributed by atoms with E-state index < -0.39 is 47.6 Å². The smallest absolute Gasteiger partial charge is 0.413 e. The molecule has 6 N–H and O–H groups in total. The van der Waals surface area contributed by atoms with E-state index in [1.807, 2.05) is 36.4 Å². The van der Waals surface area contributed by atoms with E-state index in [9.17, 15) is 24.0 Å². The number of ether oxygens (including phenoxy) is 2. The van der Waals surface area contributed by atoms with Crippen molar-refractivity contribution in [1.29, 1.82) is 5.41 Å². The van der Waals surface area contributed by atoms with Crippen molar-refractivity contribution in [3.05, 3.63) is 107 Å². The van der Waals surface area contributed by atoms with Crippen LogP contribution in [-0.2, 0) is 32.2 Å². The number of hydrogen-bond donors (Lipinski definition) is 5. The Morgan fingerprint density at radius 3 is 2.29 bits per heavy atom. The molecule has 0 spiro atoms. The van der Waals surface area contributed by atoms with E-state index in [0.29, 0.717) is 11.1 Å². The summed E-state index contributed by atoms with van der Waals surface area (Å²) in [7, 11) is 0. The van der Waals surface area contributed by atoms with Gasteiger partial charge in [0.2, 0.25) is 17.7 Å². The summed E-state index contributed by atoms with van der Waals surface area (Å²) in [5, 5.41) is 16.1. The predicted octanol–water partition coefficient (Wildman–Crippen LogP) is 3.95. The third-order valence-electron chi connectivity index (χ3n) is 7.78. The largest absolute Gasteiger partial charge is 0.444 e. The Morgan fingerprint density at radius 1 is 0.939 bits per heavy atom. The molecule has 0 aromatic heterocycles. The van der Waals surface area contributed by atoms with E-state index in [-0.39, 0.29) is 37.9 Å². The highest BCUT2D eigenvalue weighted by Crippen LogP contribution is 2.33. The Kier molecular flexibility index (Phi) is 11.7. The number of carbonyl (C=O) groups excluding carboxylic acids is 5. The topological polar surface area (TPSA) is 193 Å². The number of alkyl carbamates (subject to hydrolysis) is 1. The molecule has 1 saturated heterocycles. The molecule has 0 saturated carbocycles. The molecule has 3 aromatic carbocycles. The number of hydrogen-bond acceptors (Lipinski definition) is 8. The summed E-state index contributed by atoms with van der Waals surface area (Å²) in [6.07, 6.45) is -1.15. The molecule has 0 unspecified atom stereocenters. The highest BCUT2D eigenvalue weighted by molar-refractivity contribution is 6.04. The second kappa shape index (κ2) is 15.9. The average Bonchev–Trinajstić information content (AvgIpc) is 3.52. The molecule has 0 radical (unpaired) electrons. The predicted molar refractivity (Wildman–Crippen MR) is 182 cm³/mol. The minimum atomic E-state index is -0.927. The van der Waals surface area contributed by atoms with Crippen LogP contribution in [-0.4, -0.2) is 64.9 Å². The SMILES string of the molecule is C[C@H](NC(=O)[C@H]1C[C@@H](c2cccc(C(N)=O)c2)CN1C(=O)OC(C)(C)C)C(=O)NCc1ccc(C(=N)NC(=O)OCc2ccccc2)cc1. The highest BCUT2D eigenvalue weighted by atomic mass is 16.6. The van der Waals surface area contributed by atoms with Crippen LogP contribution in [0.25, 0.3) is 0 Å². The van der Waals surface area contributed by atoms with Gasteiger partial charge in [-0.05, 0) is 62.9 Å². The molecule has 13 heteroatoms. The molecular formula is C36H42N6O7. The molecule has 1 heterocycles. The van der Waals surface area contributed by atoms with Crippen molar-refractivity contribution in [2.75, 3.05) is 6.54 Å². The fraction of sp³-hybridized carbons (Fsp3) is 0.333. The van der Waals surface area contributed by atoms with Gasteiger partial charge in [-0.2, -0.15) is 0 Å². The van der Waals surface area contributed by atoms with E-state index >= 15 is 0 Å². The molecule has 4 rings (SSSR count). The number of primary amides is 1. The number of rotatable bonds is 10. The van der Waals surface area contributed by atoms with Crippen molar-refractivity contribution < 1.29 is 33.4 Å². The van der Waals surface area contributed by atoms with Gasteiger partial charge in [-0.1, -0.05) is 66.7 Å². The first-order valence-corrected chi connectivity index (χ1v) is 15.8. The van der Waals surface area contributed by atoms with E-state index in [4.69, 9.17) is 20.6 Å². The van der Waals surface area contributed by atoms with Crippen molar-refractivity contribution in [3.8, 4) is 0 Å². The maximum atomic E-state index is 13.5. The van der Waals surface area contributed by atoms with Crippen LogP contribution in [0, 0.1) is 5.41 Å². The Balaban J connectivity index is 1.31. The van der Waals surface area contributed by atoms with Crippen LogP contribution in [0.5, 0.6) is 0 Å². The molecule has 0 aliphatic carbocycles. The third-order valence-corrected chi connectivity index (χ3v) is 7.78. The van der Waals surface area contributed by atoms with Gasteiger partial charge in [0.25, 0.3) is 0 Å². The van der Waals surface area contributed by atoms with Crippen molar-refractivity contribution in [1.82, 2.24) is 20.9 Å². The Morgan fingerprint density at radius 2 is 1.63 bits per heavy atom. The lowest BCUT2D eigenvalue weighted by Gasteiger charge is -2.28. The van der Waals surface area contributed by atoms with Crippen LogP contribution in [0.15, 0.2) is 78.9 Å². The summed E-state index contributed by atoms with van der Waals surface area (Å²) in [5.41, 5.74) is 7.73. The van der Waals surface area contributed by atoms with Crippen LogP contribution in [0.3, 0.4) is 0 Å². The Bertz CT molecular complexity index is 1690. The molecular weight excluding hydrogens is 628 g/mol. The molecule has 49 heavy (non-hydrogen) atoms. The second-order valence-electron chi connectivity index (χ2n) is 12.8. The number of nitrogens with two attached hydrogens (primary N) is 1. The van der Waals surface area contributed by atoms with Gasteiger partial charge in [0, 0.05) is 30.1 Å². The van der Waals surface area contributed by atoms with Gasteiger partial charge in [0.15, 0.2) is 0 Å². The second-order valence-corrected chi connectivity index (χ2v) is 12.8. The van der Waals surface area contributed by atoms with Gasteiger partial charge >= 0.3 is 12.2 Å². The van der Waals surface area contributed by atoms with Crippen LogP contribution in [0.1, 0.15) is 72.6 Å². The number of amides is 5. The maximum absolute atomic E-state index is 13.5. The van der Waals surface area contributed by atoms with Crippen LogP contribution < -0.4 is 21.7 Å². The quantitative estimate of drug-likeness (QED) is 0.159. The van der Waals surface area contributed by atoms with Gasteiger partial charge < -0.3 is 25.8 Å². The van der Waals surface area contributed by atoms with Crippen molar-refractivity contribution >= 4 is 35.7 Å². The number of carbonyl (C=O) groups is 5. The minimum absolute atomic E-state index is 0.0769. The number of likely N-dealkylation sites (tertiary alicyclic amines) is 1. The molecule has 3 aromatic rings. The van der Waals surface area contributed by atoms with Crippen LogP contribution >= 0.6 is 0 Å². The number of benzene rings is 3. The molecule has 13 nitrogen and oxygen atoms in total. The zero-order valence-electron chi connectivity index (χ0n) is 27.9. The Labute approximate surface area is 285 Å². The van der Waals surface area contributed by atoms with Crippen molar-refractivity contribution in [3.63, 3.8) is 0 Å². The van der Waals surface area contributed by atoms with Crippen molar-refractivity contribution in [2.45, 2.75) is 70.9 Å². The molecule has 1 aliphatic rings. The molecule has 0 bridgehead atoms. The van der Waals surface area contributed by atoms with E-state index in [2.05, 4.69) is 16.0 Å². The maximum Gasteiger partial charge on any atom is 0.413 e. The molecule has 258 valence electrons. The summed E-state index contributed by atoms with van der Waals surface area (Å²) in [5.74, 6) is -1.95. The summed E-state index contributed by atoms with van der Waals surface area (Å²) in [6, 6.07) is 20.8. The normalized spacial score (nSPS) is 16.2. The average molecular weight is 671 g/mol. The zero-order valence-corrected chi connectivity index (χ0v) is 27.9. The van der Waals surface area contributed by atoms with Gasteiger partial charge in [0.1, 0.15) is 30.1 Å². The molecule has 1 aliphatic heterocycles. The minimum Gasteiger partial charge on any atom is -0.444 e. The van der Waals surface area contributed by atoms with Crippen LogP contribution in [0.2, 0.25) is 0 Å².